The van der Waals surface area contributed by atoms with Crippen LogP contribution in [-0.4, -0.2) is 43.1 Å². The van der Waals surface area contributed by atoms with Gasteiger partial charge in [-0.2, -0.15) is 0 Å². The number of benzene rings is 1. The molecule has 1 unspecified atom stereocenters. The van der Waals surface area contributed by atoms with E-state index in [0.717, 1.165) is 26.3 Å². The topological polar surface area (TPSA) is 24.8 Å². The molecule has 1 atom stereocenters. The van der Waals surface area contributed by atoms with Gasteiger partial charge < -0.3 is 4.74 Å². The van der Waals surface area contributed by atoms with Crippen molar-refractivity contribution in [2.75, 3.05) is 26.3 Å². The van der Waals surface area contributed by atoms with Gasteiger partial charge in [-0.25, -0.2) is 0 Å². The van der Waals surface area contributed by atoms with Crippen molar-refractivity contribution in [3.8, 4) is 0 Å². The first kappa shape index (κ1) is 14.4. The highest BCUT2D eigenvalue weighted by molar-refractivity contribution is 6.06. The van der Waals surface area contributed by atoms with E-state index in [9.17, 15) is 0 Å². The zero-order valence-electron chi connectivity index (χ0n) is 13.3. The molecule has 4 rings (SSSR count). The maximum atomic E-state index is 5.52. The summed E-state index contributed by atoms with van der Waals surface area (Å²) in [5.41, 5.74) is 3.08. The molecule has 22 heavy (non-hydrogen) atoms. The highest BCUT2D eigenvalue weighted by atomic mass is 16.5. The first-order valence-corrected chi connectivity index (χ1v) is 8.83. The van der Waals surface area contributed by atoms with Crippen LogP contribution in [0, 0.1) is 5.41 Å². The molecule has 0 bridgehead atoms. The normalized spacial score (nSPS) is 28.7. The Kier molecular flexibility index (Phi) is 4.01. The molecule has 2 heterocycles. The molecule has 1 aromatic rings. The van der Waals surface area contributed by atoms with Crippen molar-refractivity contribution in [1.82, 2.24) is 4.90 Å². The summed E-state index contributed by atoms with van der Waals surface area (Å²) in [6.07, 6.45) is 8.35. The zero-order chi connectivity index (χ0) is 14.8. The predicted molar refractivity (Wildman–Crippen MR) is 89.3 cm³/mol. The second-order valence-corrected chi connectivity index (χ2v) is 7.02. The lowest BCUT2D eigenvalue weighted by Crippen LogP contribution is -2.43. The molecule has 0 N–H and O–H groups in total. The van der Waals surface area contributed by atoms with Crippen LogP contribution in [0.5, 0.6) is 0 Å². The number of morpholine rings is 1. The molecule has 0 radical (unpaired) electrons. The van der Waals surface area contributed by atoms with Crippen LogP contribution in [0.4, 0.5) is 0 Å². The molecule has 1 aliphatic carbocycles. The van der Waals surface area contributed by atoms with Gasteiger partial charge in [0.1, 0.15) is 6.17 Å². The molecule has 0 aromatic heterocycles. The monoisotopic (exact) mass is 298 g/mol. The molecule has 118 valence electrons. The zero-order valence-corrected chi connectivity index (χ0v) is 13.3. The van der Waals surface area contributed by atoms with E-state index >= 15 is 0 Å². The van der Waals surface area contributed by atoms with E-state index in [-0.39, 0.29) is 0 Å². The maximum Gasteiger partial charge on any atom is 0.103 e. The van der Waals surface area contributed by atoms with E-state index < -0.39 is 0 Å². The van der Waals surface area contributed by atoms with E-state index in [0.29, 0.717) is 11.6 Å². The first-order valence-electron chi connectivity index (χ1n) is 8.83. The molecule has 0 amide bonds. The third-order valence-corrected chi connectivity index (χ3v) is 5.68. The SMILES string of the molecule is c1ccc(C2=NC(N3CCOCC3)CC23CCCCC3)cc1. The van der Waals surface area contributed by atoms with E-state index in [1.165, 1.54) is 49.8 Å². The van der Waals surface area contributed by atoms with Gasteiger partial charge in [-0.3, -0.25) is 9.89 Å². The average molecular weight is 298 g/mol. The van der Waals surface area contributed by atoms with Crippen molar-refractivity contribution in [3.05, 3.63) is 35.9 Å². The van der Waals surface area contributed by atoms with Crippen LogP contribution < -0.4 is 0 Å². The molecular formula is C19H26N2O. The van der Waals surface area contributed by atoms with Gasteiger partial charge in [0, 0.05) is 18.5 Å². The van der Waals surface area contributed by atoms with Crippen LogP contribution in [0.1, 0.15) is 44.1 Å². The fourth-order valence-corrected chi connectivity index (χ4v) is 4.51. The third kappa shape index (κ3) is 2.61. The first-order chi connectivity index (χ1) is 10.9. The Balaban J connectivity index is 1.65. The Bertz CT molecular complexity index is 528. The summed E-state index contributed by atoms with van der Waals surface area (Å²) in [7, 11) is 0. The summed E-state index contributed by atoms with van der Waals surface area (Å²) in [5, 5.41) is 0. The standard InChI is InChI=1S/C19H26N2O/c1-3-7-16(8-4-1)18-19(9-5-2-6-10-19)15-17(20-18)21-11-13-22-14-12-21/h1,3-4,7-8,17H,2,5-6,9-15H2. The van der Waals surface area contributed by atoms with Crippen LogP contribution >= 0.6 is 0 Å². The maximum absolute atomic E-state index is 5.52. The minimum absolute atomic E-state index is 0.336. The van der Waals surface area contributed by atoms with E-state index in [4.69, 9.17) is 9.73 Å². The van der Waals surface area contributed by atoms with Crippen LogP contribution in [-0.2, 0) is 4.74 Å². The molecule has 2 aliphatic heterocycles. The second kappa shape index (κ2) is 6.13. The minimum Gasteiger partial charge on any atom is -0.379 e. The minimum atomic E-state index is 0.336. The van der Waals surface area contributed by atoms with Gasteiger partial charge >= 0.3 is 0 Å². The quantitative estimate of drug-likeness (QED) is 0.835. The number of aliphatic imine (C=N–C) groups is 1. The highest BCUT2D eigenvalue weighted by Gasteiger charge is 2.45. The van der Waals surface area contributed by atoms with Gasteiger partial charge in [0.25, 0.3) is 0 Å². The van der Waals surface area contributed by atoms with Gasteiger partial charge in [0.2, 0.25) is 0 Å². The largest absolute Gasteiger partial charge is 0.379 e. The Morgan fingerprint density at radius 3 is 2.45 bits per heavy atom. The Morgan fingerprint density at radius 2 is 1.73 bits per heavy atom. The van der Waals surface area contributed by atoms with E-state index in [1.807, 2.05) is 0 Å². The predicted octanol–water partition coefficient (Wildman–Crippen LogP) is 3.49. The smallest absolute Gasteiger partial charge is 0.103 e. The average Bonchev–Trinajstić information content (AvgIpc) is 2.96. The van der Waals surface area contributed by atoms with Crippen LogP contribution in [0.25, 0.3) is 0 Å². The number of hydrogen-bond acceptors (Lipinski definition) is 3. The van der Waals surface area contributed by atoms with Gasteiger partial charge in [0.15, 0.2) is 0 Å². The molecule has 3 aliphatic rings. The van der Waals surface area contributed by atoms with Crippen LogP contribution in [0.15, 0.2) is 35.3 Å². The van der Waals surface area contributed by atoms with Crippen molar-refractivity contribution < 1.29 is 4.74 Å². The summed E-state index contributed by atoms with van der Waals surface area (Å²) in [5.74, 6) is 0. The summed E-state index contributed by atoms with van der Waals surface area (Å²) < 4.78 is 5.52. The van der Waals surface area contributed by atoms with E-state index in [1.54, 1.807) is 0 Å². The molecule has 1 spiro atoms. The van der Waals surface area contributed by atoms with Crippen LogP contribution in [0.3, 0.4) is 0 Å². The fraction of sp³-hybridized carbons (Fsp3) is 0.632. The number of rotatable bonds is 2. The van der Waals surface area contributed by atoms with Crippen molar-refractivity contribution >= 4 is 5.71 Å². The summed E-state index contributed by atoms with van der Waals surface area (Å²) in [6.45, 7) is 3.79. The number of hydrogen-bond donors (Lipinski definition) is 0. The van der Waals surface area contributed by atoms with Gasteiger partial charge in [-0.15, -0.1) is 0 Å². The van der Waals surface area contributed by atoms with Gasteiger partial charge in [-0.05, 0) is 24.8 Å². The second-order valence-electron chi connectivity index (χ2n) is 7.02. The lowest BCUT2D eigenvalue weighted by molar-refractivity contribution is 0.0131. The molecular weight excluding hydrogens is 272 g/mol. The molecule has 3 heteroatoms. The van der Waals surface area contributed by atoms with Crippen molar-refractivity contribution in [2.24, 2.45) is 10.4 Å². The van der Waals surface area contributed by atoms with Gasteiger partial charge in [0.05, 0.1) is 18.9 Å². The Morgan fingerprint density at radius 1 is 1.00 bits per heavy atom. The summed E-state index contributed by atoms with van der Waals surface area (Å²) in [6, 6.07) is 10.9. The Labute approximate surface area is 133 Å². The van der Waals surface area contributed by atoms with Crippen molar-refractivity contribution in [3.63, 3.8) is 0 Å². The summed E-state index contributed by atoms with van der Waals surface area (Å²) >= 11 is 0. The van der Waals surface area contributed by atoms with Crippen molar-refractivity contribution in [1.29, 1.82) is 0 Å². The number of ether oxygens (including phenoxy) is 1. The molecule has 1 aromatic carbocycles. The molecule has 3 nitrogen and oxygen atoms in total. The number of nitrogens with zero attached hydrogens (tertiary/aromatic N) is 2. The lowest BCUT2D eigenvalue weighted by atomic mass is 9.68. The highest BCUT2D eigenvalue weighted by Crippen LogP contribution is 2.48. The fourth-order valence-electron chi connectivity index (χ4n) is 4.51. The van der Waals surface area contributed by atoms with Crippen LogP contribution in [0.2, 0.25) is 0 Å². The Hall–Kier alpha value is -1.19. The molecule has 1 saturated carbocycles. The lowest BCUT2D eigenvalue weighted by Gasteiger charge is -2.37. The molecule has 1 saturated heterocycles. The third-order valence-electron chi connectivity index (χ3n) is 5.68. The van der Waals surface area contributed by atoms with Crippen molar-refractivity contribution in [2.45, 2.75) is 44.7 Å². The van der Waals surface area contributed by atoms with Gasteiger partial charge in [-0.1, -0.05) is 49.6 Å². The summed E-state index contributed by atoms with van der Waals surface area (Å²) in [4.78, 5) is 7.78. The molecule has 2 fully saturated rings. The van der Waals surface area contributed by atoms with E-state index in [2.05, 4.69) is 35.2 Å².